The Morgan fingerprint density at radius 3 is 1.71 bits per heavy atom. The number of anilines is 5. The predicted octanol–water partition coefficient (Wildman–Crippen LogP) is 17.2. The second-order valence-electron chi connectivity index (χ2n) is 21.6. The van der Waals surface area contributed by atoms with Crippen molar-refractivity contribution in [1.29, 1.82) is 0 Å². The first-order valence-corrected chi connectivity index (χ1v) is 26.1. The van der Waals surface area contributed by atoms with E-state index >= 15 is 0 Å². The molecule has 2 aliphatic heterocycles. The van der Waals surface area contributed by atoms with Gasteiger partial charge in [-0.05, 0) is 159 Å². The van der Waals surface area contributed by atoms with Crippen LogP contribution in [0.25, 0.3) is 55.3 Å². The average Bonchev–Trinajstić information content (AvgIpc) is 4.05. The number of aromatic nitrogens is 2. The second kappa shape index (κ2) is 15.9. The third kappa shape index (κ3) is 6.16. The van der Waals surface area contributed by atoms with Gasteiger partial charge in [0.15, 0.2) is 0 Å². The molecule has 356 valence electrons. The minimum Gasteiger partial charge on any atom is -0.310 e. The highest BCUT2D eigenvalue weighted by molar-refractivity contribution is 6.17. The fraction of sp³-hybridized carbons (Fsp3) is 0.100. The molecule has 15 rings (SSSR count). The minimum absolute atomic E-state index is 0.305. The molecule has 0 amide bonds. The summed E-state index contributed by atoms with van der Waals surface area (Å²) < 4.78 is 0. The summed E-state index contributed by atoms with van der Waals surface area (Å²) in [5.41, 5.74) is 23.3. The molecule has 4 aliphatic rings. The van der Waals surface area contributed by atoms with Crippen molar-refractivity contribution in [3.05, 3.63) is 282 Å². The van der Waals surface area contributed by atoms with Crippen LogP contribution in [0.5, 0.6) is 0 Å². The van der Waals surface area contributed by atoms with Crippen LogP contribution in [0.4, 0.5) is 28.4 Å². The maximum absolute atomic E-state index is 5.50. The van der Waals surface area contributed by atoms with Crippen LogP contribution in [0, 0.1) is 0 Å². The van der Waals surface area contributed by atoms with Crippen LogP contribution in [0.1, 0.15) is 72.5 Å². The molecule has 75 heavy (non-hydrogen) atoms. The van der Waals surface area contributed by atoms with Crippen molar-refractivity contribution >= 4 is 45.0 Å². The smallest absolute Gasteiger partial charge is 0.141 e. The molecule has 5 heteroatoms. The Morgan fingerprint density at radius 2 is 0.960 bits per heavy atom. The predicted molar refractivity (Wildman–Crippen MR) is 308 cm³/mol. The monoisotopic (exact) mass is 961 g/mol. The number of nitrogens with zero attached hydrogens (tertiary/aromatic N) is 5. The quantitative estimate of drug-likeness (QED) is 0.167. The van der Waals surface area contributed by atoms with Crippen LogP contribution in [-0.4, -0.2) is 15.8 Å². The first kappa shape index (κ1) is 43.4. The van der Waals surface area contributed by atoms with Crippen LogP contribution in [0.15, 0.2) is 242 Å². The largest absolute Gasteiger partial charge is 0.310 e. The van der Waals surface area contributed by atoms with E-state index in [9.17, 15) is 0 Å². The zero-order valence-electron chi connectivity index (χ0n) is 42.3. The summed E-state index contributed by atoms with van der Waals surface area (Å²) in [4.78, 5) is 20.1. The average molecular weight is 962 g/mol. The molecule has 5 nitrogen and oxygen atoms in total. The molecule has 1 spiro atoms. The highest BCUT2D eigenvalue weighted by Crippen LogP contribution is 2.64. The van der Waals surface area contributed by atoms with E-state index in [4.69, 9.17) is 15.0 Å². The van der Waals surface area contributed by atoms with Crippen molar-refractivity contribution in [3.8, 4) is 44.5 Å². The van der Waals surface area contributed by atoms with Gasteiger partial charge in [-0.15, -0.1) is 0 Å². The number of hydrogen-bond donors (Lipinski definition) is 0. The van der Waals surface area contributed by atoms with E-state index in [0.29, 0.717) is 0 Å². The molecule has 0 atom stereocenters. The van der Waals surface area contributed by atoms with E-state index < -0.39 is 11.0 Å². The summed E-state index contributed by atoms with van der Waals surface area (Å²) in [6.07, 6.45) is 1.72. The van der Waals surface area contributed by atoms with Gasteiger partial charge in [0, 0.05) is 28.0 Å². The van der Waals surface area contributed by atoms with Gasteiger partial charge in [0.1, 0.15) is 17.7 Å². The molecule has 10 aromatic carbocycles. The third-order valence-electron chi connectivity index (χ3n) is 16.6. The molecule has 0 saturated carbocycles. The number of benzene rings is 10. The van der Waals surface area contributed by atoms with Gasteiger partial charge in [-0.25, -0.2) is 9.97 Å². The van der Waals surface area contributed by atoms with Crippen LogP contribution in [0.3, 0.4) is 0 Å². The van der Waals surface area contributed by atoms with Gasteiger partial charge in [0.25, 0.3) is 0 Å². The number of aliphatic imine (C=N–C) groups is 1. The van der Waals surface area contributed by atoms with Crippen molar-refractivity contribution in [1.82, 2.24) is 9.97 Å². The Labute approximate surface area is 437 Å². The number of fused-ring (bicyclic) bond motifs is 13. The van der Waals surface area contributed by atoms with E-state index in [1.165, 1.54) is 77.5 Å². The van der Waals surface area contributed by atoms with E-state index in [1.807, 2.05) is 0 Å². The Balaban J connectivity index is 0.894. The summed E-state index contributed by atoms with van der Waals surface area (Å²) in [7, 11) is 0. The van der Waals surface area contributed by atoms with Gasteiger partial charge in [-0.3, -0.25) is 9.89 Å². The van der Waals surface area contributed by atoms with Crippen molar-refractivity contribution < 1.29 is 0 Å². The summed E-state index contributed by atoms with van der Waals surface area (Å²) in [5, 5.41) is 2.43. The fourth-order valence-electron chi connectivity index (χ4n) is 13.3. The number of para-hydroxylation sites is 2. The van der Waals surface area contributed by atoms with E-state index in [-0.39, 0.29) is 5.41 Å². The molecule has 2 aliphatic carbocycles. The maximum atomic E-state index is 5.50. The lowest BCUT2D eigenvalue weighted by molar-refractivity contribution is 0.516. The molecule has 3 heterocycles. The lowest BCUT2D eigenvalue weighted by Crippen LogP contribution is -2.44. The summed E-state index contributed by atoms with van der Waals surface area (Å²) in [5.74, 6) is 0.904. The molecular weight excluding hydrogens is 911 g/mol. The van der Waals surface area contributed by atoms with Crippen molar-refractivity contribution in [2.45, 2.75) is 44.1 Å². The molecule has 0 saturated heterocycles. The van der Waals surface area contributed by atoms with Gasteiger partial charge in [-0.2, -0.15) is 0 Å². The number of hydrogen-bond acceptors (Lipinski definition) is 5. The Morgan fingerprint density at radius 1 is 0.387 bits per heavy atom. The lowest BCUT2D eigenvalue weighted by Gasteiger charge is -2.45. The third-order valence-corrected chi connectivity index (χ3v) is 16.6. The van der Waals surface area contributed by atoms with E-state index in [1.54, 1.807) is 6.33 Å². The first-order valence-electron chi connectivity index (χ1n) is 26.1. The Bertz CT molecular complexity index is 4140. The van der Waals surface area contributed by atoms with Crippen molar-refractivity contribution in [2.75, 3.05) is 9.80 Å². The summed E-state index contributed by atoms with van der Waals surface area (Å²) in [6.45, 7) is 8.87. The van der Waals surface area contributed by atoms with Gasteiger partial charge >= 0.3 is 0 Å². The van der Waals surface area contributed by atoms with Crippen molar-refractivity contribution in [2.24, 2.45) is 4.99 Å². The SMILES string of the molecule is CC1(C)N=C(c2ccc(-c3ccc4c(c3)C3(c5ccccc5-c5ccccc53)c3cc(N(c5ccccc5)c5cc(-c6ccccc6)c6ccccc6c5)ccc3-4)cc2)N2c3ccccc3C(C)(C)c3ncnc1c32. The molecule has 0 unspecified atom stereocenters. The Kier molecular flexibility index (Phi) is 9.20. The molecule has 0 N–H and O–H groups in total. The summed E-state index contributed by atoms with van der Waals surface area (Å²) in [6, 6.07) is 85.4. The maximum Gasteiger partial charge on any atom is 0.141 e. The number of rotatable bonds is 6. The van der Waals surface area contributed by atoms with Crippen LogP contribution < -0.4 is 9.80 Å². The molecule has 0 fully saturated rings. The van der Waals surface area contributed by atoms with Crippen LogP contribution in [-0.2, 0) is 16.4 Å². The topological polar surface area (TPSA) is 44.6 Å². The molecule has 11 aromatic rings. The Hall–Kier alpha value is -9.19. The molecule has 1 aromatic heterocycles. The van der Waals surface area contributed by atoms with Gasteiger partial charge in [0.2, 0.25) is 0 Å². The summed E-state index contributed by atoms with van der Waals surface area (Å²) >= 11 is 0. The molecular formula is C70H51N5. The van der Waals surface area contributed by atoms with E-state index in [2.05, 4.69) is 268 Å². The van der Waals surface area contributed by atoms with Crippen LogP contribution in [0.2, 0.25) is 0 Å². The zero-order chi connectivity index (χ0) is 50.2. The lowest BCUT2D eigenvalue weighted by atomic mass is 9.70. The van der Waals surface area contributed by atoms with Crippen molar-refractivity contribution in [3.63, 3.8) is 0 Å². The van der Waals surface area contributed by atoms with Crippen LogP contribution >= 0.6 is 0 Å². The highest BCUT2D eigenvalue weighted by Gasteiger charge is 2.52. The van der Waals surface area contributed by atoms with Gasteiger partial charge in [0.05, 0.1) is 28.2 Å². The van der Waals surface area contributed by atoms with Gasteiger partial charge < -0.3 is 4.90 Å². The number of amidine groups is 1. The minimum atomic E-state index is -0.574. The van der Waals surface area contributed by atoms with E-state index in [0.717, 1.165) is 56.8 Å². The first-order chi connectivity index (χ1) is 36.7. The van der Waals surface area contributed by atoms with Gasteiger partial charge in [-0.1, -0.05) is 182 Å². The highest BCUT2D eigenvalue weighted by atomic mass is 15.3. The molecule has 0 bridgehead atoms. The zero-order valence-corrected chi connectivity index (χ0v) is 42.3. The second-order valence-corrected chi connectivity index (χ2v) is 21.6. The molecule has 0 radical (unpaired) electrons. The standard InChI is InChI=1S/C70H51N5/c1-68(2)60-29-17-18-30-63(60)75-64-65(68)71-43-72-66(64)69(3,4)73-67(75)46-33-31-44(32-34-46)47-35-37-55-56-38-36-50(42-62(56)70(61(55)40-47)58-27-15-13-25-53(58)54-26-14-16-28-59(54)70)74(49-22-9-6-10-23-49)51-39-48-21-11-12-24-52(48)57(41-51)45-19-7-5-8-20-45/h5-43H,1-4H3. The normalized spacial score (nSPS) is 15.3. The fourth-order valence-corrected chi connectivity index (χ4v) is 13.3.